The van der Waals surface area contributed by atoms with Gasteiger partial charge in [0.1, 0.15) is 0 Å². The van der Waals surface area contributed by atoms with E-state index in [1.807, 2.05) is 0 Å². The first-order chi connectivity index (χ1) is 8.68. The first kappa shape index (κ1) is 15.4. The average molecular weight is 308 g/mol. The monoisotopic (exact) mass is 307 g/mol. The smallest absolute Gasteiger partial charge is 0.338 e. The van der Waals surface area contributed by atoms with Crippen molar-refractivity contribution in [3.05, 3.63) is 33.4 Å². The molecule has 0 aliphatic rings. The molecule has 0 aliphatic carbocycles. The third kappa shape index (κ3) is 3.42. The molecule has 0 N–H and O–H groups in total. The number of rotatable bonds is 4. The highest BCUT2D eigenvalue weighted by Crippen LogP contribution is 2.30. The molecule has 0 amide bonds. The zero-order chi connectivity index (χ0) is 14.8. The van der Waals surface area contributed by atoms with Gasteiger partial charge in [-0.05, 0) is 25.5 Å². The fourth-order valence-corrected chi connectivity index (χ4v) is 2.51. The van der Waals surface area contributed by atoms with Crippen molar-refractivity contribution in [2.24, 2.45) is 0 Å². The average Bonchev–Trinajstić information content (AvgIpc) is 2.27. The highest BCUT2D eigenvalue weighted by Gasteiger charge is 2.27. The molecule has 104 valence electrons. The van der Waals surface area contributed by atoms with Crippen molar-refractivity contribution >= 4 is 31.4 Å². The van der Waals surface area contributed by atoms with Crippen molar-refractivity contribution in [2.75, 3.05) is 6.61 Å². The SMILES string of the molecule is CCOC(=O)c1cc([N+](=O)[O-])c(S(=O)(=O)Cl)cc1C. The zero-order valence-corrected chi connectivity index (χ0v) is 11.6. The van der Waals surface area contributed by atoms with Gasteiger partial charge in [0.05, 0.1) is 17.1 Å². The molecule has 1 rings (SSSR count). The van der Waals surface area contributed by atoms with Crippen molar-refractivity contribution in [1.29, 1.82) is 0 Å². The molecule has 7 nitrogen and oxygen atoms in total. The Balaban J connectivity index is 3.55. The minimum atomic E-state index is -4.28. The lowest BCUT2D eigenvalue weighted by Crippen LogP contribution is -2.09. The van der Waals surface area contributed by atoms with Gasteiger partial charge in [0.2, 0.25) is 0 Å². The minimum absolute atomic E-state index is 0.0717. The molecule has 0 bridgehead atoms. The molecule has 0 heterocycles. The van der Waals surface area contributed by atoms with Crippen LogP contribution < -0.4 is 0 Å². The van der Waals surface area contributed by atoms with Crippen LogP contribution in [-0.2, 0) is 13.8 Å². The number of ether oxygens (including phenoxy) is 1. The molecule has 0 saturated heterocycles. The molecule has 0 spiro atoms. The quantitative estimate of drug-likeness (QED) is 0.365. The number of aryl methyl sites for hydroxylation is 1. The van der Waals surface area contributed by atoms with Crippen LogP contribution in [0.2, 0.25) is 0 Å². The van der Waals surface area contributed by atoms with Gasteiger partial charge >= 0.3 is 5.97 Å². The van der Waals surface area contributed by atoms with E-state index in [1.165, 1.54) is 6.92 Å². The Bertz CT molecular complexity index is 640. The highest BCUT2D eigenvalue weighted by atomic mass is 35.7. The Labute approximate surface area is 113 Å². The van der Waals surface area contributed by atoms with Crippen LogP contribution >= 0.6 is 10.7 Å². The van der Waals surface area contributed by atoms with Crippen molar-refractivity contribution in [3.63, 3.8) is 0 Å². The van der Waals surface area contributed by atoms with Crippen LogP contribution in [0.1, 0.15) is 22.8 Å². The van der Waals surface area contributed by atoms with Crippen molar-refractivity contribution < 1.29 is 22.9 Å². The Morgan fingerprint density at radius 1 is 1.47 bits per heavy atom. The maximum Gasteiger partial charge on any atom is 0.338 e. The molecule has 0 saturated carbocycles. The third-order valence-electron chi connectivity index (χ3n) is 2.26. The lowest BCUT2D eigenvalue weighted by atomic mass is 10.1. The Morgan fingerprint density at radius 2 is 2.05 bits per heavy atom. The lowest BCUT2D eigenvalue weighted by molar-refractivity contribution is -0.387. The van der Waals surface area contributed by atoms with Gasteiger partial charge < -0.3 is 4.74 Å². The summed E-state index contributed by atoms with van der Waals surface area (Å²) in [6.07, 6.45) is 0. The van der Waals surface area contributed by atoms with Crippen LogP contribution in [0.15, 0.2) is 17.0 Å². The van der Waals surface area contributed by atoms with E-state index in [-0.39, 0.29) is 17.7 Å². The van der Waals surface area contributed by atoms with Gasteiger partial charge in [0.15, 0.2) is 4.90 Å². The van der Waals surface area contributed by atoms with E-state index in [4.69, 9.17) is 15.4 Å². The van der Waals surface area contributed by atoms with Gasteiger partial charge in [-0.3, -0.25) is 10.1 Å². The van der Waals surface area contributed by atoms with Crippen LogP contribution in [0.3, 0.4) is 0 Å². The summed E-state index contributed by atoms with van der Waals surface area (Å²) < 4.78 is 27.2. The number of nitro benzene ring substituents is 1. The topological polar surface area (TPSA) is 104 Å². The Morgan fingerprint density at radius 3 is 2.47 bits per heavy atom. The van der Waals surface area contributed by atoms with E-state index < -0.39 is 30.5 Å². The van der Waals surface area contributed by atoms with Crippen LogP contribution in [0.25, 0.3) is 0 Å². The van der Waals surface area contributed by atoms with Gasteiger partial charge in [0, 0.05) is 16.7 Å². The van der Waals surface area contributed by atoms with E-state index >= 15 is 0 Å². The number of nitrogens with zero attached hydrogens (tertiary/aromatic N) is 1. The Hall–Kier alpha value is -1.67. The summed E-state index contributed by atoms with van der Waals surface area (Å²) in [5.41, 5.74) is -0.607. The molecule has 0 aliphatic heterocycles. The summed E-state index contributed by atoms with van der Waals surface area (Å²) >= 11 is 0. The normalized spacial score (nSPS) is 11.1. The van der Waals surface area contributed by atoms with Crippen LogP contribution in [0.5, 0.6) is 0 Å². The summed E-state index contributed by atoms with van der Waals surface area (Å²) in [6.45, 7) is 3.11. The van der Waals surface area contributed by atoms with Crippen LogP contribution in [-0.4, -0.2) is 25.9 Å². The molecule has 1 aromatic carbocycles. The second kappa shape index (κ2) is 5.54. The van der Waals surface area contributed by atoms with Gasteiger partial charge in [0.25, 0.3) is 14.7 Å². The summed E-state index contributed by atoms with van der Waals surface area (Å²) in [4.78, 5) is 20.8. The number of halogens is 1. The molecule has 9 heteroatoms. The Kier molecular flexibility index (Phi) is 4.48. The number of nitro groups is 1. The van der Waals surface area contributed by atoms with Crippen molar-refractivity contribution in [3.8, 4) is 0 Å². The molecular formula is C10H10ClNO6S. The van der Waals surface area contributed by atoms with Gasteiger partial charge in [-0.1, -0.05) is 0 Å². The largest absolute Gasteiger partial charge is 0.462 e. The van der Waals surface area contributed by atoms with E-state index in [1.54, 1.807) is 6.92 Å². The molecule has 0 unspecified atom stereocenters. The lowest BCUT2D eigenvalue weighted by Gasteiger charge is -2.07. The summed E-state index contributed by atoms with van der Waals surface area (Å²) in [5.74, 6) is -0.762. The van der Waals surface area contributed by atoms with Crippen molar-refractivity contribution in [1.82, 2.24) is 0 Å². The maximum atomic E-state index is 11.6. The summed E-state index contributed by atoms with van der Waals surface area (Å²) in [6, 6.07) is 1.83. The number of esters is 1. The highest BCUT2D eigenvalue weighted by molar-refractivity contribution is 8.13. The van der Waals surface area contributed by atoms with Crippen LogP contribution in [0, 0.1) is 17.0 Å². The first-order valence-corrected chi connectivity index (χ1v) is 7.40. The molecule has 0 fully saturated rings. The van der Waals surface area contributed by atoms with Gasteiger partial charge in [-0.25, -0.2) is 13.2 Å². The van der Waals surface area contributed by atoms with E-state index in [0.717, 1.165) is 12.1 Å². The van der Waals surface area contributed by atoms with Gasteiger partial charge in [-0.2, -0.15) is 0 Å². The molecule has 0 atom stereocenters. The van der Waals surface area contributed by atoms with Gasteiger partial charge in [-0.15, -0.1) is 0 Å². The maximum absolute atomic E-state index is 11.6. The summed E-state index contributed by atoms with van der Waals surface area (Å²) in [5, 5.41) is 10.8. The zero-order valence-electron chi connectivity index (χ0n) is 10.0. The molecule has 1 aromatic rings. The van der Waals surface area contributed by atoms with E-state index in [2.05, 4.69) is 0 Å². The molecular weight excluding hydrogens is 298 g/mol. The second-order valence-electron chi connectivity index (χ2n) is 3.55. The molecule has 19 heavy (non-hydrogen) atoms. The number of hydrogen-bond donors (Lipinski definition) is 0. The molecule has 0 aromatic heterocycles. The molecule has 0 radical (unpaired) electrons. The second-order valence-corrected chi connectivity index (χ2v) is 6.08. The third-order valence-corrected chi connectivity index (χ3v) is 3.61. The van der Waals surface area contributed by atoms with Crippen LogP contribution in [0.4, 0.5) is 5.69 Å². The predicted molar refractivity (Wildman–Crippen MR) is 66.8 cm³/mol. The predicted octanol–water partition coefficient (Wildman–Crippen LogP) is 2.01. The standard InChI is InChI=1S/C10H10ClNO6S/c1-3-18-10(13)7-5-8(12(14)15)9(4-6(7)2)19(11,16)17/h4-5H,3H2,1-2H3. The fraction of sp³-hybridized carbons (Fsp3) is 0.300. The summed E-state index contributed by atoms with van der Waals surface area (Å²) in [7, 11) is 0.847. The van der Waals surface area contributed by atoms with Crippen molar-refractivity contribution in [2.45, 2.75) is 18.7 Å². The minimum Gasteiger partial charge on any atom is -0.462 e. The van der Waals surface area contributed by atoms with E-state index in [9.17, 15) is 23.3 Å². The number of benzene rings is 1. The van der Waals surface area contributed by atoms with E-state index in [0.29, 0.717) is 0 Å². The fourth-order valence-electron chi connectivity index (χ4n) is 1.44. The first-order valence-electron chi connectivity index (χ1n) is 5.09. The number of hydrogen-bond acceptors (Lipinski definition) is 6. The number of carbonyl (C=O) groups is 1. The number of carbonyl (C=O) groups excluding carboxylic acids is 1.